The minimum Gasteiger partial charge on any atom is -0.379 e. The maximum Gasteiger partial charge on any atom is 0.272 e. The molecule has 2 fully saturated rings. The lowest BCUT2D eigenvalue weighted by Gasteiger charge is -2.34. The summed E-state index contributed by atoms with van der Waals surface area (Å²) in [6.45, 7) is 4.42. The first-order chi connectivity index (χ1) is 11.3. The van der Waals surface area contributed by atoms with E-state index >= 15 is 0 Å². The van der Waals surface area contributed by atoms with Crippen LogP contribution in [0, 0.1) is 0 Å². The van der Waals surface area contributed by atoms with Crippen molar-refractivity contribution in [2.75, 3.05) is 39.5 Å². The fraction of sp³-hybridized carbons (Fsp3) is 0.500. The van der Waals surface area contributed by atoms with Gasteiger partial charge < -0.3 is 14.8 Å². The van der Waals surface area contributed by atoms with E-state index in [4.69, 9.17) is 9.47 Å². The lowest BCUT2D eigenvalue weighted by Crippen LogP contribution is -2.54. The smallest absolute Gasteiger partial charge is 0.272 e. The maximum atomic E-state index is 12.6. The van der Waals surface area contributed by atoms with Gasteiger partial charge in [-0.15, -0.1) is 0 Å². The van der Waals surface area contributed by atoms with Gasteiger partial charge in [0.25, 0.3) is 5.91 Å². The number of amides is 1. The van der Waals surface area contributed by atoms with Crippen molar-refractivity contribution in [2.45, 2.75) is 12.1 Å². The lowest BCUT2D eigenvalue weighted by molar-refractivity contribution is 0.0108. The van der Waals surface area contributed by atoms with Gasteiger partial charge in [0.05, 0.1) is 44.0 Å². The number of nitrogens with zero attached hydrogens (tertiary/aromatic N) is 2. The molecule has 1 aromatic carbocycles. The van der Waals surface area contributed by atoms with Crippen molar-refractivity contribution in [1.29, 1.82) is 0 Å². The number of carbonyl (C=O) groups is 1. The normalized spacial score (nSPS) is 25.7. The van der Waals surface area contributed by atoms with E-state index in [0.29, 0.717) is 18.9 Å². The van der Waals surface area contributed by atoms with Gasteiger partial charge in [-0.2, -0.15) is 5.10 Å². The number of aromatic nitrogens is 2. The Hall–Kier alpha value is -1.96. The molecule has 7 heteroatoms. The number of para-hydroxylation sites is 1. The molecule has 7 nitrogen and oxygen atoms in total. The molecule has 2 atom stereocenters. The average molecular weight is 316 g/mol. The van der Waals surface area contributed by atoms with E-state index in [0.717, 1.165) is 37.2 Å². The number of hydrogen-bond acceptors (Lipinski definition) is 5. The van der Waals surface area contributed by atoms with Crippen LogP contribution in [-0.2, 0) is 9.47 Å². The van der Waals surface area contributed by atoms with E-state index in [1.807, 2.05) is 24.3 Å². The van der Waals surface area contributed by atoms with Gasteiger partial charge in [0.2, 0.25) is 0 Å². The zero-order chi connectivity index (χ0) is 15.6. The van der Waals surface area contributed by atoms with Crippen LogP contribution in [0.1, 0.15) is 10.5 Å². The Morgan fingerprint density at radius 2 is 2.04 bits per heavy atom. The summed E-state index contributed by atoms with van der Waals surface area (Å²) < 4.78 is 11.0. The van der Waals surface area contributed by atoms with Crippen LogP contribution in [-0.4, -0.2) is 72.6 Å². The van der Waals surface area contributed by atoms with Gasteiger partial charge in [0.1, 0.15) is 0 Å². The van der Waals surface area contributed by atoms with E-state index in [1.165, 1.54) is 0 Å². The number of aromatic amines is 1. The molecule has 3 heterocycles. The van der Waals surface area contributed by atoms with Crippen LogP contribution in [0.25, 0.3) is 10.9 Å². The van der Waals surface area contributed by atoms with Gasteiger partial charge in [-0.1, -0.05) is 18.2 Å². The average Bonchev–Trinajstić information content (AvgIpc) is 3.22. The summed E-state index contributed by atoms with van der Waals surface area (Å²) in [6.07, 6.45) is 0. The van der Waals surface area contributed by atoms with Crippen LogP contribution in [0.2, 0.25) is 0 Å². The van der Waals surface area contributed by atoms with Crippen molar-refractivity contribution in [2.24, 2.45) is 0 Å². The molecule has 23 heavy (non-hydrogen) atoms. The van der Waals surface area contributed by atoms with Crippen molar-refractivity contribution in [1.82, 2.24) is 20.4 Å². The molecule has 0 bridgehead atoms. The highest BCUT2D eigenvalue weighted by atomic mass is 16.5. The third-order valence-electron chi connectivity index (χ3n) is 4.57. The Labute approximate surface area is 133 Å². The molecule has 2 aliphatic rings. The molecule has 122 valence electrons. The summed E-state index contributed by atoms with van der Waals surface area (Å²) in [7, 11) is 0. The molecule has 0 saturated carbocycles. The summed E-state index contributed by atoms with van der Waals surface area (Å²) >= 11 is 0. The predicted octanol–water partition coefficient (Wildman–Crippen LogP) is 0.392. The Morgan fingerprint density at radius 3 is 2.91 bits per heavy atom. The fourth-order valence-electron chi connectivity index (χ4n) is 3.32. The first-order valence-corrected chi connectivity index (χ1v) is 7.96. The number of fused-ring (bicyclic) bond motifs is 1. The molecule has 1 aromatic heterocycles. The summed E-state index contributed by atoms with van der Waals surface area (Å²) in [5.41, 5.74) is 1.30. The number of rotatable bonds is 3. The Morgan fingerprint density at radius 1 is 1.22 bits per heavy atom. The molecule has 2 aromatic rings. The number of nitrogens with one attached hydrogen (secondary N) is 2. The molecular formula is C16H20N4O3. The number of hydrogen-bond donors (Lipinski definition) is 2. The molecule has 0 spiro atoms. The first-order valence-electron chi connectivity index (χ1n) is 7.96. The van der Waals surface area contributed by atoms with Crippen molar-refractivity contribution in [3.8, 4) is 0 Å². The number of morpholine rings is 1. The van der Waals surface area contributed by atoms with Gasteiger partial charge in [0.15, 0.2) is 5.69 Å². The Kier molecular flexibility index (Phi) is 3.99. The van der Waals surface area contributed by atoms with E-state index in [9.17, 15) is 4.79 Å². The number of H-pyrrole nitrogens is 1. The van der Waals surface area contributed by atoms with Crippen molar-refractivity contribution < 1.29 is 14.3 Å². The molecule has 1 amide bonds. The van der Waals surface area contributed by atoms with Crippen molar-refractivity contribution in [3.63, 3.8) is 0 Å². The number of benzene rings is 1. The second-order valence-electron chi connectivity index (χ2n) is 5.95. The molecule has 0 unspecified atom stereocenters. The standard InChI is InChI=1S/C16H20N4O3/c21-16(15-11-3-1-2-4-12(11)18-19-15)17-13-9-23-10-14(13)20-5-7-22-8-6-20/h1-4,13-14H,5-10H2,(H,17,21)(H,18,19)/t13-,14-/m1/s1. The van der Waals surface area contributed by atoms with Crippen LogP contribution >= 0.6 is 0 Å². The third-order valence-corrected chi connectivity index (χ3v) is 4.57. The maximum absolute atomic E-state index is 12.6. The highest BCUT2D eigenvalue weighted by Crippen LogP contribution is 2.18. The Balaban J connectivity index is 1.49. The van der Waals surface area contributed by atoms with Crippen LogP contribution in [0.15, 0.2) is 24.3 Å². The minimum absolute atomic E-state index is 0.0175. The highest BCUT2D eigenvalue weighted by Gasteiger charge is 2.35. The summed E-state index contributed by atoms with van der Waals surface area (Å²) in [5.74, 6) is -0.156. The first kappa shape index (κ1) is 14.6. The zero-order valence-corrected chi connectivity index (χ0v) is 12.8. The third kappa shape index (κ3) is 2.83. The fourth-order valence-corrected chi connectivity index (χ4v) is 3.32. The number of ether oxygens (including phenoxy) is 2. The van der Waals surface area contributed by atoms with Gasteiger partial charge in [-0.3, -0.25) is 14.8 Å². The Bertz CT molecular complexity index is 695. The molecule has 0 radical (unpaired) electrons. The van der Waals surface area contributed by atoms with Gasteiger partial charge in [-0.25, -0.2) is 0 Å². The summed E-state index contributed by atoms with van der Waals surface area (Å²) in [5, 5.41) is 11.0. The second-order valence-corrected chi connectivity index (χ2v) is 5.95. The zero-order valence-electron chi connectivity index (χ0n) is 12.8. The van der Waals surface area contributed by atoms with Crippen LogP contribution in [0.5, 0.6) is 0 Å². The lowest BCUT2D eigenvalue weighted by atomic mass is 10.1. The van der Waals surface area contributed by atoms with E-state index in [1.54, 1.807) is 0 Å². The van der Waals surface area contributed by atoms with E-state index < -0.39 is 0 Å². The van der Waals surface area contributed by atoms with Crippen LogP contribution < -0.4 is 5.32 Å². The SMILES string of the molecule is O=C(N[C@@H]1COC[C@H]1N1CCOCC1)c1n[nH]c2ccccc12. The largest absolute Gasteiger partial charge is 0.379 e. The van der Waals surface area contributed by atoms with Gasteiger partial charge in [-0.05, 0) is 6.07 Å². The van der Waals surface area contributed by atoms with E-state index in [-0.39, 0.29) is 18.0 Å². The quantitative estimate of drug-likeness (QED) is 0.856. The van der Waals surface area contributed by atoms with Gasteiger partial charge >= 0.3 is 0 Å². The second kappa shape index (κ2) is 6.27. The highest BCUT2D eigenvalue weighted by molar-refractivity contribution is 6.04. The molecule has 2 N–H and O–H groups in total. The van der Waals surface area contributed by atoms with Gasteiger partial charge in [0, 0.05) is 18.5 Å². The van der Waals surface area contributed by atoms with E-state index in [2.05, 4.69) is 20.4 Å². The minimum atomic E-state index is -0.156. The summed E-state index contributed by atoms with van der Waals surface area (Å²) in [6, 6.07) is 7.82. The van der Waals surface area contributed by atoms with Crippen molar-refractivity contribution >= 4 is 16.8 Å². The molecule has 4 rings (SSSR count). The molecule has 2 saturated heterocycles. The monoisotopic (exact) mass is 316 g/mol. The summed E-state index contributed by atoms with van der Waals surface area (Å²) in [4.78, 5) is 14.9. The van der Waals surface area contributed by atoms with Crippen molar-refractivity contribution in [3.05, 3.63) is 30.0 Å². The predicted molar refractivity (Wildman–Crippen MR) is 84.3 cm³/mol. The molecule has 2 aliphatic heterocycles. The molecular weight excluding hydrogens is 296 g/mol. The number of carbonyl (C=O) groups excluding carboxylic acids is 1. The molecule has 0 aliphatic carbocycles. The van der Waals surface area contributed by atoms with Crippen LogP contribution in [0.4, 0.5) is 0 Å². The van der Waals surface area contributed by atoms with Crippen LogP contribution in [0.3, 0.4) is 0 Å². The topological polar surface area (TPSA) is 79.5 Å².